The van der Waals surface area contributed by atoms with E-state index in [4.69, 9.17) is 20.0 Å². The van der Waals surface area contributed by atoms with Crippen molar-refractivity contribution < 1.29 is 9.15 Å². The lowest BCUT2D eigenvalue weighted by atomic mass is 9.96. The molecule has 212 valence electrons. The molecule has 0 amide bonds. The van der Waals surface area contributed by atoms with E-state index < -0.39 is 0 Å². The highest BCUT2D eigenvalue weighted by molar-refractivity contribution is 6.11. The van der Waals surface area contributed by atoms with Gasteiger partial charge in [0.2, 0.25) is 23.6 Å². The van der Waals surface area contributed by atoms with Crippen LogP contribution in [0.25, 0.3) is 55.6 Å². The van der Waals surface area contributed by atoms with Crippen LogP contribution >= 0.6 is 0 Å². The normalized spacial score (nSPS) is 11.1. The van der Waals surface area contributed by atoms with E-state index >= 15 is 0 Å². The van der Waals surface area contributed by atoms with Gasteiger partial charge in [0.25, 0.3) is 0 Å². The molecule has 0 bridgehead atoms. The Morgan fingerprint density at radius 3 is 1.84 bits per heavy atom. The van der Waals surface area contributed by atoms with Gasteiger partial charge in [0, 0.05) is 22.3 Å². The van der Waals surface area contributed by atoms with E-state index in [1.807, 2.05) is 111 Å². The molecular formula is C38H28N4O2. The average Bonchev–Trinajstić information content (AvgIpc) is 3.54. The predicted molar refractivity (Wildman–Crippen MR) is 176 cm³/mol. The minimum absolute atomic E-state index is 0.0499. The molecule has 0 aliphatic heterocycles. The molecule has 0 saturated carbocycles. The van der Waals surface area contributed by atoms with Crippen molar-refractivity contribution in [3.63, 3.8) is 0 Å². The van der Waals surface area contributed by atoms with E-state index in [1.165, 1.54) is 0 Å². The van der Waals surface area contributed by atoms with E-state index in [0.717, 1.165) is 54.9 Å². The summed E-state index contributed by atoms with van der Waals surface area (Å²) in [4.78, 5) is 0. The Bertz CT molecular complexity index is 2220. The third kappa shape index (κ3) is 4.92. The molecule has 0 aliphatic rings. The average molecular weight is 573 g/mol. The van der Waals surface area contributed by atoms with Crippen LogP contribution in [0.2, 0.25) is 0 Å². The molecule has 7 aromatic rings. The second kappa shape index (κ2) is 11.1. The molecule has 0 unspecified atom stereocenters. The summed E-state index contributed by atoms with van der Waals surface area (Å²) in [6.07, 6.45) is 0. The van der Waals surface area contributed by atoms with Gasteiger partial charge in [-0.05, 0) is 81.9 Å². The third-order valence-corrected chi connectivity index (χ3v) is 7.94. The second-order valence-electron chi connectivity index (χ2n) is 10.8. The first-order valence-corrected chi connectivity index (χ1v) is 14.3. The Morgan fingerprint density at radius 2 is 1.11 bits per heavy atom. The Kier molecular flexibility index (Phi) is 6.79. The lowest BCUT2D eigenvalue weighted by Gasteiger charge is -2.13. The van der Waals surface area contributed by atoms with Gasteiger partial charge in [-0.15, -0.1) is 10.2 Å². The van der Waals surface area contributed by atoms with Gasteiger partial charge >= 0.3 is 0 Å². The summed E-state index contributed by atoms with van der Waals surface area (Å²) in [5.74, 6) is 0.857. The van der Waals surface area contributed by atoms with Gasteiger partial charge in [-0.3, -0.25) is 10.8 Å². The van der Waals surface area contributed by atoms with Gasteiger partial charge in [-0.25, -0.2) is 0 Å². The molecule has 2 N–H and O–H groups in total. The minimum Gasteiger partial charge on any atom is -0.421 e. The van der Waals surface area contributed by atoms with Crippen LogP contribution in [0.5, 0.6) is 0 Å². The van der Waals surface area contributed by atoms with Crippen molar-refractivity contribution in [3.8, 4) is 34.0 Å². The minimum atomic E-state index is -0.0584. The van der Waals surface area contributed by atoms with Crippen LogP contribution in [0, 0.1) is 24.7 Å². The standard InChI is InChI=1S/C38H28N4O2/c1-23-21-27(17-19-29(23)35(39)43-36(40)33-15-7-11-25-9-3-5-13-31(25)33)28-18-20-30(24(2)22-28)37-41-42-38(44-37)34-16-8-12-26-10-4-6-14-32(26)34/h3-22,39-40H,1-2H3. The third-order valence-electron chi connectivity index (χ3n) is 7.94. The number of ether oxygens (including phenoxy) is 1. The summed E-state index contributed by atoms with van der Waals surface area (Å²) in [6, 6.07) is 39.9. The number of benzene rings is 6. The Hall–Kier alpha value is -5.88. The van der Waals surface area contributed by atoms with Crippen molar-refractivity contribution in [2.24, 2.45) is 0 Å². The molecule has 1 heterocycles. The van der Waals surface area contributed by atoms with E-state index in [-0.39, 0.29) is 11.8 Å². The fraction of sp³-hybridized carbons (Fsp3) is 0.0526. The van der Waals surface area contributed by atoms with Crippen LogP contribution in [-0.2, 0) is 4.74 Å². The number of aromatic nitrogens is 2. The smallest absolute Gasteiger partial charge is 0.248 e. The maximum Gasteiger partial charge on any atom is 0.248 e. The maximum atomic E-state index is 8.61. The zero-order valence-corrected chi connectivity index (χ0v) is 24.3. The zero-order valence-electron chi connectivity index (χ0n) is 24.3. The summed E-state index contributed by atoms with van der Waals surface area (Å²) in [5.41, 5.74) is 7.03. The molecule has 6 heteroatoms. The first-order chi connectivity index (χ1) is 21.5. The van der Waals surface area contributed by atoms with Crippen molar-refractivity contribution in [1.29, 1.82) is 10.8 Å². The SMILES string of the molecule is Cc1cc(-c2ccc(-c3nnc(-c4cccc5ccccc45)o3)c(C)c2)ccc1C(=N)OC(=N)c1cccc2ccccc12. The highest BCUT2D eigenvalue weighted by Gasteiger charge is 2.17. The number of hydrogen-bond donors (Lipinski definition) is 2. The van der Waals surface area contributed by atoms with Crippen molar-refractivity contribution in [2.75, 3.05) is 0 Å². The summed E-state index contributed by atoms with van der Waals surface area (Å²) in [5, 5.41) is 30.0. The molecule has 0 radical (unpaired) electrons. The summed E-state index contributed by atoms with van der Waals surface area (Å²) in [6.45, 7) is 3.98. The molecule has 6 aromatic carbocycles. The molecule has 0 saturated heterocycles. The fourth-order valence-corrected chi connectivity index (χ4v) is 5.67. The quantitative estimate of drug-likeness (QED) is 0.159. The zero-order chi connectivity index (χ0) is 30.2. The van der Waals surface area contributed by atoms with Crippen molar-refractivity contribution in [2.45, 2.75) is 13.8 Å². The highest BCUT2D eigenvalue weighted by atomic mass is 16.5. The number of rotatable bonds is 5. The Balaban J connectivity index is 1.11. The van der Waals surface area contributed by atoms with Gasteiger partial charge in [-0.2, -0.15) is 0 Å². The first-order valence-electron chi connectivity index (χ1n) is 14.3. The van der Waals surface area contributed by atoms with Crippen LogP contribution in [0.3, 0.4) is 0 Å². The Labute approximate surface area is 254 Å². The molecule has 0 spiro atoms. The molecule has 6 nitrogen and oxygen atoms in total. The molecule has 0 atom stereocenters. The first kappa shape index (κ1) is 27.0. The highest BCUT2D eigenvalue weighted by Crippen LogP contribution is 2.33. The van der Waals surface area contributed by atoms with Crippen molar-refractivity contribution in [3.05, 3.63) is 144 Å². The topological polar surface area (TPSA) is 95.8 Å². The second-order valence-corrected chi connectivity index (χ2v) is 10.8. The van der Waals surface area contributed by atoms with Crippen LogP contribution < -0.4 is 0 Å². The number of aryl methyl sites for hydroxylation is 2. The van der Waals surface area contributed by atoms with Gasteiger partial charge in [0.1, 0.15) is 0 Å². The monoisotopic (exact) mass is 572 g/mol. The van der Waals surface area contributed by atoms with Gasteiger partial charge < -0.3 is 9.15 Å². The van der Waals surface area contributed by atoms with Crippen LogP contribution in [-0.4, -0.2) is 22.0 Å². The van der Waals surface area contributed by atoms with E-state index in [0.29, 0.717) is 22.9 Å². The Morgan fingerprint density at radius 1 is 0.545 bits per heavy atom. The number of hydrogen-bond acceptors (Lipinski definition) is 6. The van der Waals surface area contributed by atoms with Gasteiger partial charge in [-0.1, -0.05) is 97.1 Å². The van der Waals surface area contributed by atoms with Crippen molar-refractivity contribution >= 4 is 33.3 Å². The van der Waals surface area contributed by atoms with E-state index in [2.05, 4.69) is 34.5 Å². The number of nitrogens with zero attached hydrogens (tertiary/aromatic N) is 2. The summed E-state index contributed by atoms with van der Waals surface area (Å²) < 4.78 is 11.9. The summed E-state index contributed by atoms with van der Waals surface area (Å²) >= 11 is 0. The molecule has 1 aromatic heterocycles. The maximum absolute atomic E-state index is 8.61. The predicted octanol–water partition coefficient (Wildman–Crippen LogP) is 9.36. The van der Waals surface area contributed by atoms with Gasteiger partial charge in [0.05, 0.1) is 0 Å². The molecule has 0 aliphatic carbocycles. The van der Waals surface area contributed by atoms with Crippen LogP contribution in [0.1, 0.15) is 22.3 Å². The fourth-order valence-electron chi connectivity index (χ4n) is 5.67. The van der Waals surface area contributed by atoms with Crippen LogP contribution in [0.15, 0.2) is 126 Å². The number of nitrogens with one attached hydrogen (secondary N) is 2. The number of fused-ring (bicyclic) bond motifs is 2. The van der Waals surface area contributed by atoms with Crippen molar-refractivity contribution in [1.82, 2.24) is 10.2 Å². The molecular weight excluding hydrogens is 544 g/mol. The van der Waals surface area contributed by atoms with Crippen LogP contribution in [0.4, 0.5) is 0 Å². The van der Waals surface area contributed by atoms with E-state index in [1.54, 1.807) is 0 Å². The molecule has 44 heavy (non-hydrogen) atoms. The molecule has 0 fully saturated rings. The summed E-state index contributed by atoms with van der Waals surface area (Å²) in [7, 11) is 0. The largest absolute Gasteiger partial charge is 0.421 e. The molecule has 7 rings (SSSR count). The lowest BCUT2D eigenvalue weighted by Crippen LogP contribution is -2.14. The van der Waals surface area contributed by atoms with Gasteiger partial charge in [0.15, 0.2) is 0 Å². The lowest BCUT2D eigenvalue weighted by molar-refractivity contribution is 0.538. The van der Waals surface area contributed by atoms with E-state index in [9.17, 15) is 0 Å².